The fourth-order valence-corrected chi connectivity index (χ4v) is 4.43. The van der Waals surface area contributed by atoms with Gasteiger partial charge in [0.25, 0.3) is 0 Å². The van der Waals surface area contributed by atoms with Gasteiger partial charge in [0.1, 0.15) is 24.4 Å². The Morgan fingerprint density at radius 1 is 1.03 bits per heavy atom. The SMILES string of the molecule is CCC(N)(CC)NC(C(=O)C(CC)(CC)NC(CSC)C(=O)O)C1OC(O)C(O)C1O. The number of aliphatic carboxylic acids is 1. The smallest absolute Gasteiger partial charge is 0.321 e. The minimum absolute atomic E-state index is 0.257. The number of rotatable bonds is 14. The molecule has 0 bridgehead atoms. The van der Waals surface area contributed by atoms with Crippen molar-refractivity contribution in [3.8, 4) is 0 Å². The zero-order valence-electron chi connectivity index (χ0n) is 19.0. The maximum absolute atomic E-state index is 13.9. The Kier molecular flexibility index (Phi) is 10.8. The third-order valence-corrected chi connectivity index (χ3v) is 7.02. The second kappa shape index (κ2) is 11.9. The van der Waals surface area contributed by atoms with Gasteiger partial charge in [-0.05, 0) is 31.9 Å². The maximum Gasteiger partial charge on any atom is 0.321 e. The number of Topliss-reactive ketones (excluding diaryl/α,β-unsaturated/α-hetero) is 1. The van der Waals surface area contributed by atoms with E-state index < -0.39 is 59.6 Å². The van der Waals surface area contributed by atoms with Crippen molar-refractivity contribution >= 4 is 23.5 Å². The van der Waals surface area contributed by atoms with Crippen LogP contribution >= 0.6 is 11.8 Å². The molecule has 182 valence electrons. The molecule has 1 heterocycles. The fourth-order valence-electron chi connectivity index (χ4n) is 3.87. The highest BCUT2D eigenvalue weighted by Gasteiger charge is 2.53. The predicted molar refractivity (Wildman–Crippen MR) is 119 cm³/mol. The molecule has 0 aromatic heterocycles. The minimum atomic E-state index is -1.65. The Morgan fingerprint density at radius 3 is 1.94 bits per heavy atom. The molecule has 1 aliphatic heterocycles. The summed E-state index contributed by atoms with van der Waals surface area (Å²) in [7, 11) is 0. The summed E-state index contributed by atoms with van der Waals surface area (Å²) in [4.78, 5) is 25.7. The fraction of sp³-hybridized carbons (Fsp3) is 0.900. The molecule has 8 N–H and O–H groups in total. The maximum atomic E-state index is 13.9. The standard InChI is InChI=1S/C20H39N3O7S/c1-6-19(7-2,22-11(10-31-5)17(27)28)16(26)12(23-20(21,8-3)9-4)15-13(24)14(25)18(29)30-15/h11-15,18,22-25,29H,6-10,21H2,1-5H3,(H,27,28). The van der Waals surface area contributed by atoms with Crippen molar-refractivity contribution in [2.45, 2.75) is 101 Å². The number of carboxylic acid groups (broad SMARTS) is 1. The molecule has 0 aromatic carbocycles. The van der Waals surface area contributed by atoms with Crippen LogP contribution < -0.4 is 16.4 Å². The Balaban J connectivity index is 3.41. The lowest BCUT2D eigenvalue weighted by atomic mass is 9.80. The monoisotopic (exact) mass is 465 g/mol. The molecule has 11 heteroatoms. The summed E-state index contributed by atoms with van der Waals surface area (Å²) < 4.78 is 5.36. The number of ether oxygens (including phenoxy) is 1. The van der Waals surface area contributed by atoms with Crippen LogP contribution in [0.1, 0.15) is 53.4 Å². The van der Waals surface area contributed by atoms with Crippen LogP contribution in [0, 0.1) is 0 Å². The molecule has 1 rings (SSSR count). The second-order valence-corrected chi connectivity index (χ2v) is 9.01. The third kappa shape index (κ3) is 6.38. The summed E-state index contributed by atoms with van der Waals surface area (Å²) >= 11 is 1.34. The molecule has 1 saturated heterocycles. The highest BCUT2D eigenvalue weighted by atomic mass is 32.2. The van der Waals surface area contributed by atoms with Crippen molar-refractivity contribution in [1.29, 1.82) is 0 Å². The summed E-state index contributed by atoms with van der Waals surface area (Å²) in [6, 6.07) is -2.16. The Morgan fingerprint density at radius 2 is 1.58 bits per heavy atom. The topological polar surface area (TPSA) is 174 Å². The van der Waals surface area contributed by atoms with Crippen LogP contribution in [-0.2, 0) is 14.3 Å². The first-order valence-corrected chi connectivity index (χ1v) is 12.1. The van der Waals surface area contributed by atoms with E-state index in [0.29, 0.717) is 12.8 Å². The summed E-state index contributed by atoms with van der Waals surface area (Å²) in [5, 5.41) is 46.1. The zero-order valence-corrected chi connectivity index (χ0v) is 19.8. The van der Waals surface area contributed by atoms with Gasteiger partial charge in [0.2, 0.25) is 0 Å². The molecule has 1 aliphatic rings. The van der Waals surface area contributed by atoms with E-state index in [-0.39, 0.29) is 18.6 Å². The van der Waals surface area contributed by atoms with Gasteiger partial charge in [-0.25, -0.2) is 0 Å². The van der Waals surface area contributed by atoms with Crippen molar-refractivity contribution in [1.82, 2.24) is 10.6 Å². The van der Waals surface area contributed by atoms with E-state index in [9.17, 15) is 30.0 Å². The van der Waals surface area contributed by atoms with Gasteiger partial charge < -0.3 is 30.9 Å². The molecular formula is C20H39N3O7S. The Labute approximate surface area is 188 Å². The van der Waals surface area contributed by atoms with Crippen molar-refractivity contribution in [2.24, 2.45) is 5.73 Å². The van der Waals surface area contributed by atoms with E-state index in [0.717, 1.165) is 0 Å². The predicted octanol–water partition coefficient (Wildman–Crippen LogP) is -0.608. The van der Waals surface area contributed by atoms with Crippen molar-refractivity contribution in [3.63, 3.8) is 0 Å². The molecule has 0 aromatic rings. The number of nitrogens with one attached hydrogen (secondary N) is 2. The van der Waals surface area contributed by atoms with Crippen LogP contribution in [0.3, 0.4) is 0 Å². The molecule has 1 fully saturated rings. The summed E-state index contributed by atoms with van der Waals surface area (Å²) in [5.41, 5.74) is 4.18. The largest absolute Gasteiger partial charge is 0.480 e. The molecular weight excluding hydrogens is 426 g/mol. The number of aliphatic hydroxyl groups excluding tert-OH is 3. The third-order valence-electron chi connectivity index (χ3n) is 6.35. The lowest BCUT2D eigenvalue weighted by molar-refractivity contribution is -0.148. The summed E-state index contributed by atoms with van der Waals surface area (Å²) in [6.45, 7) is 7.23. The van der Waals surface area contributed by atoms with E-state index in [2.05, 4.69) is 10.6 Å². The molecule has 6 unspecified atom stereocenters. The van der Waals surface area contributed by atoms with Gasteiger partial charge in [-0.2, -0.15) is 11.8 Å². The van der Waals surface area contributed by atoms with Crippen LogP contribution in [0.4, 0.5) is 0 Å². The van der Waals surface area contributed by atoms with Crippen LogP contribution in [0.25, 0.3) is 0 Å². The number of thioether (sulfide) groups is 1. The number of hydrogen-bond donors (Lipinski definition) is 7. The Bertz CT molecular complexity index is 601. The van der Waals surface area contributed by atoms with Gasteiger partial charge in [-0.15, -0.1) is 0 Å². The highest BCUT2D eigenvalue weighted by Crippen LogP contribution is 2.29. The van der Waals surface area contributed by atoms with Crippen molar-refractivity contribution in [3.05, 3.63) is 0 Å². The average Bonchev–Trinajstić information content (AvgIpc) is 3.01. The van der Waals surface area contributed by atoms with Gasteiger partial charge in [-0.3, -0.25) is 20.2 Å². The zero-order chi connectivity index (χ0) is 24.0. The molecule has 10 nitrogen and oxygen atoms in total. The van der Waals surface area contributed by atoms with Gasteiger partial charge in [0, 0.05) is 5.75 Å². The first kappa shape index (κ1) is 28.2. The lowest BCUT2D eigenvalue weighted by Crippen LogP contribution is -2.69. The molecule has 0 radical (unpaired) electrons. The summed E-state index contributed by atoms with van der Waals surface area (Å²) in [5.74, 6) is -1.25. The highest BCUT2D eigenvalue weighted by molar-refractivity contribution is 7.98. The average molecular weight is 466 g/mol. The number of hydrogen-bond acceptors (Lipinski definition) is 10. The first-order valence-electron chi connectivity index (χ1n) is 10.8. The van der Waals surface area contributed by atoms with Gasteiger partial charge in [-0.1, -0.05) is 27.7 Å². The van der Waals surface area contributed by atoms with Crippen molar-refractivity contribution in [2.75, 3.05) is 12.0 Å². The molecule has 0 spiro atoms. The second-order valence-electron chi connectivity index (χ2n) is 8.10. The molecule has 31 heavy (non-hydrogen) atoms. The molecule has 6 atom stereocenters. The summed E-state index contributed by atoms with van der Waals surface area (Å²) in [6.07, 6.45) is -2.75. The van der Waals surface area contributed by atoms with Crippen molar-refractivity contribution < 1.29 is 34.8 Å². The number of nitrogens with two attached hydrogens (primary N) is 1. The van der Waals surface area contributed by atoms with Crippen LogP contribution in [0.15, 0.2) is 0 Å². The van der Waals surface area contributed by atoms with E-state index in [1.807, 2.05) is 13.8 Å². The normalized spacial score (nSPS) is 26.6. The van der Waals surface area contributed by atoms with Gasteiger partial charge in [0.15, 0.2) is 12.1 Å². The van der Waals surface area contributed by atoms with Crippen LogP contribution in [-0.4, -0.2) is 92.1 Å². The number of carboxylic acids is 1. The quantitative estimate of drug-likeness (QED) is 0.163. The Hall–Kier alpha value is -0.790. The van der Waals surface area contributed by atoms with Gasteiger partial charge in [0.05, 0.1) is 17.2 Å². The van der Waals surface area contributed by atoms with Crippen LogP contribution in [0.5, 0.6) is 0 Å². The number of carbonyl (C=O) groups is 2. The number of ketones is 1. The minimum Gasteiger partial charge on any atom is -0.480 e. The van der Waals surface area contributed by atoms with E-state index in [4.69, 9.17) is 10.5 Å². The number of aliphatic hydroxyl groups is 3. The molecule has 0 amide bonds. The molecule has 0 saturated carbocycles. The van der Waals surface area contributed by atoms with E-state index in [1.54, 1.807) is 20.1 Å². The van der Waals surface area contributed by atoms with Gasteiger partial charge >= 0.3 is 5.97 Å². The first-order chi connectivity index (χ1) is 14.5. The van der Waals surface area contributed by atoms with E-state index in [1.165, 1.54) is 11.8 Å². The van der Waals surface area contributed by atoms with Crippen LogP contribution in [0.2, 0.25) is 0 Å². The number of carbonyl (C=O) groups excluding carboxylic acids is 1. The molecule has 0 aliphatic carbocycles. The van der Waals surface area contributed by atoms with E-state index >= 15 is 0 Å². The lowest BCUT2D eigenvalue weighted by Gasteiger charge is -2.42.